The van der Waals surface area contributed by atoms with E-state index in [-0.39, 0.29) is 16.8 Å². The molecular formula is C21H20ClN3O4. The molecule has 1 heterocycles. The monoisotopic (exact) mass is 413 g/mol. The van der Waals surface area contributed by atoms with E-state index in [2.05, 4.69) is 5.32 Å². The second-order valence-electron chi connectivity index (χ2n) is 6.48. The zero-order valence-corrected chi connectivity index (χ0v) is 16.9. The molecule has 1 atom stereocenters. The SMILES string of the molecule is Cc1c(NC(=O)[C@@H](C)OC(=O)c2ccc(Cl)cc2)c(=O)n(-c2ccccc2)n1C. The molecule has 7 nitrogen and oxygen atoms in total. The Balaban J connectivity index is 1.77. The normalized spacial score (nSPS) is 11.7. The van der Waals surface area contributed by atoms with Crippen molar-refractivity contribution < 1.29 is 14.3 Å². The summed E-state index contributed by atoms with van der Waals surface area (Å²) in [5.41, 5.74) is 1.28. The van der Waals surface area contributed by atoms with Crippen molar-refractivity contribution in [2.24, 2.45) is 7.05 Å². The number of halogens is 1. The number of hydrogen-bond acceptors (Lipinski definition) is 4. The summed E-state index contributed by atoms with van der Waals surface area (Å²) in [4.78, 5) is 37.6. The molecule has 1 aromatic heterocycles. The van der Waals surface area contributed by atoms with Gasteiger partial charge in [-0.25, -0.2) is 9.48 Å². The van der Waals surface area contributed by atoms with Gasteiger partial charge in [0, 0.05) is 12.1 Å². The molecular weight excluding hydrogens is 394 g/mol. The van der Waals surface area contributed by atoms with Gasteiger partial charge in [0.05, 0.1) is 16.9 Å². The minimum Gasteiger partial charge on any atom is -0.449 e. The molecule has 8 heteroatoms. The summed E-state index contributed by atoms with van der Waals surface area (Å²) in [7, 11) is 1.73. The number of anilines is 1. The number of ether oxygens (including phenoxy) is 1. The molecule has 0 radical (unpaired) electrons. The van der Waals surface area contributed by atoms with Crippen molar-refractivity contribution in [2.45, 2.75) is 20.0 Å². The standard InChI is InChI=1S/C21H20ClN3O4/c1-13-18(20(27)25(24(13)3)17-7-5-4-6-8-17)23-19(26)14(2)29-21(28)15-9-11-16(22)12-10-15/h4-12,14H,1-3H3,(H,23,26)/t14-/m1/s1. The van der Waals surface area contributed by atoms with Crippen molar-refractivity contribution in [3.05, 3.63) is 81.2 Å². The van der Waals surface area contributed by atoms with Gasteiger partial charge in [0.1, 0.15) is 5.69 Å². The summed E-state index contributed by atoms with van der Waals surface area (Å²) in [6.07, 6.45) is -1.10. The van der Waals surface area contributed by atoms with Gasteiger partial charge in [-0.05, 0) is 50.2 Å². The van der Waals surface area contributed by atoms with Crippen molar-refractivity contribution in [3.63, 3.8) is 0 Å². The first-order valence-corrected chi connectivity index (χ1v) is 9.29. The van der Waals surface area contributed by atoms with Crippen LogP contribution in [-0.2, 0) is 16.6 Å². The highest BCUT2D eigenvalue weighted by Gasteiger charge is 2.23. The van der Waals surface area contributed by atoms with E-state index in [1.807, 2.05) is 18.2 Å². The number of nitrogens with one attached hydrogen (secondary N) is 1. The Labute approximate surface area is 172 Å². The number of amides is 1. The maximum Gasteiger partial charge on any atom is 0.338 e. The predicted octanol–water partition coefficient (Wildman–Crippen LogP) is 3.32. The summed E-state index contributed by atoms with van der Waals surface area (Å²) >= 11 is 5.80. The van der Waals surface area contributed by atoms with Gasteiger partial charge in [-0.3, -0.25) is 14.3 Å². The first-order valence-electron chi connectivity index (χ1n) is 8.91. The smallest absolute Gasteiger partial charge is 0.338 e. The zero-order valence-electron chi connectivity index (χ0n) is 16.2. The Bertz CT molecular complexity index is 1100. The number of aromatic nitrogens is 2. The van der Waals surface area contributed by atoms with E-state index >= 15 is 0 Å². The van der Waals surface area contributed by atoms with Crippen LogP contribution in [0.25, 0.3) is 5.69 Å². The summed E-state index contributed by atoms with van der Waals surface area (Å²) in [5.74, 6) is -1.26. The summed E-state index contributed by atoms with van der Waals surface area (Å²) in [6.45, 7) is 3.16. The summed E-state index contributed by atoms with van der Waals surface area (Å²) in [6, 6.07) is 15.2. The number of para-hydroxylation sites is 1. The lowest BCUT2D eigenvalue weighted by atomic mass is 10.2. The highest BCUT2D eigenvalue weighted by molar-refractivity contribution is 6.30. The fraction of sp³-hybridized carbons (Fsp3) is 0.190. The number of esters is 1. The van der Waals surface area contributed by atoms with Crippen LogP contribution in [0.4, 0.5) is 5.69 Å². The number of carbonyl (C=O) groups excluding carboxylic acids is 2. The number of rotatable bonds is 5. The van der Waals surface area contributed by atoms with Crippen molar-refractivity contribution in [1.29, 1.82) is 0 Å². The highest BCUT2D eigenvalue weighted by atomic mass is 35.5. The Morgan fingerprint density at radius 1 is 1.07 bits per heavy atom. The third kappa shape index (κ3) is 4.25. The molecule has 0 spiro atoms. The average Bonchev–Trinajstić information content (AvgIpc) is 2.92. The lowest BCUT2D eigenvalue weighted by molar-refractivity contribution is -0.123. The minimum absolute atomic E-state index is 0.135. The Kier molecular flexibility index (Phi) is 5.89. The van der Waals surface area contributed by atoms with Crippen LogP contribution in [0, 0.1) is 6.92 Å². The van der Waals surface area contributed by atoms with E-state index in [0.29, 0.717) is 16.4 Å². The molecule has 0 aliphatic carbocycles. The third-order valence-electron chi connectivity index (χ3n) is 4.54. The summed E-state index contributed by atoms with van der Waals surface area (Å²) in [5, 5.41) is 3.07. The molecule has 3 aromatic rings. The Morgan fingerprint density at radius 3 is 2.31 bits per heavy atom. The first kappa shape index (κ1) is 20.4. The van der Waals surface area contributed by atoms with E-state index in [0.717, 1.165) is 0 Å². The van der Waals surface area contributed by atoms with Crippen molar-refractivity contribution in [1.82, 2.24) is 9.36 Å². The van der Waals surface area contributed by atoms with Crippen LogP contribution in [0.3, 0.4) is 0 Å². The fourth-order valence-electron chi connectivity index (χ4n) is 2.81. The van der Waals surface area contributed by atoms with Gasteiger partial charge in [0.25, 0.3) is 11.5 Å². The molecule has 2 aromatic carbocycles. The van der Waals surface area contributed by atoms with Gasteiger partial charge in [-0.2, -0.15) is 0 Å². The fourth-order valence-corrected chi connectivity index (χ4v) is 2.93. The average molecular weight is 414 g/mol. The van der Waals surface area contributed by atoms with E-state index in [1.54, 1.807) is 42.9 Å². The van der Waals surface area contributed by atoms with Gasteiger partial charge >= 0.3 is 5.97 Å². The number of nitrogens with zero attached hydrogens (tertiary/aromatic N) is 2. The highest BCUT2D eigenvalue weighted by Crippen LogP contribution is 2.15. The van der Waals surface area contributed by atoms with Gasteiger partial charge in [0.2, 0.25) is 0 Å². The Hall–Kier alpha value is -3.32. The largest absolute Gasteiger partial charge is 0.449 e. The minimum atomic E-state index is -1.10. The molecule has 0 aliphatic rings. The predicted molar refractivity (Wildman–Crippen MR) is 111 cm³/mol. The molecule has 1 amide bonds. The molecule has 29 heavy (non-hydrogen) atoms. The quantitative estimate of drug-likeness (QED) is 0.650. The number of carbonyl (C=O) groups is 2. The maximum atomic E-state index is 12.9. The maximum absolute atomic E-state index is 12.9. The van der Waals surface area contributed by atoms with Crippen LogP contribution in [-0.4, -0.2) is 27.3 Å². The van der Waals surface area contributed by atoms with Gasteiger partial charge in [-0.1, -0.05) is 29.8 Å². The molecule has 0 bridgehead atoms. The van der Waals surface area contributed by atoms with E-state index in [4.69, 9.17) is 16.3 Å². The first-order chi connectivity index (χ1) is 13.8. The van der Waals surface area contributed by atoms with Crippen molar-refractivity contribution in [3.8, 4) is 5.69 Å². The molecule has 0 aliphatic heterocycles. The number of benzene rings is 2. The lowest BCUT2D eigenvalue weighted by Crippen LogP contribution is -2.32. The number of hydrogen-bond donors (Lipinski definition) is 1. The molecule has 3 rings (SSSR count). The van der Waals surface area contributed by atoms with Crippen LogP contribution in [0.1, 0.15) is 23.0 Å². The van der Waals surface area contributed by atoms with E-state index in [9.17, 15) is 14.4 Å². The second kappa shape index (κ2) is 8.36. The molecule has 150 valence electrons. The molecule has 0 saturated heterocycles. The molecule has 0 saturated carbocycles. The van der Waals surface area contributed by atoms with E-state index in [1.165, 1.54) is 23.7 Å². The van der Waals surface area contributed by atoms with Crippen LogP contribution in [0.5, 0.6) is 0 Å². The van der Waals surface area contributed by atoms with Gasteiger partial charge < -0.3 is 10.1 Å². The van der Waals surface area contributed by atoms with Crippen molar-refractivity contribution >= 4 is 29.2 Å². The van der Waals surface area contributed by atoms with Crippen LogP contribution >= 0.6 is 11.6 Å². The molecule has 1 N–H and O–H groups in total. The van der Waals surface area contributed by atoms with E-state index < -0.39 is 18.0 Å². The second-order valence-corrected chi connectivity index (χ2v) is 6.92. The molecule has 0 unspecified atom stereocenters. The summed E-state index contributed by atoms with van der Waals surface area (Å²) < 4.78 is 8.31. The van der Waals surface area contributed by atoms with Gasteiger partial charge in [0.15, 0.2) is 6.10 Å². The topological polar surface area (TPSA) is 82.3 Å². The van der Waals surface area contributed by atoms with Crippen LogP contribution < -0.4 is 10.9 Å². The lowest BCUT2D eigenvalue weighted by Gasteiger charge is -2.13. The van der Waals surface area contributed by atoms with Crippen LogP contribution in [0.2, 0.25) is 5.02 Å². The zero-order chi connectivity index (χ0) is 21.1. The van der Waals surface area contributed by atoms with Crippen molar-refractivity contribution in [2.75, 3.05) is 5.32 Å². The third-order valence-corrected chi connectivity index (χ3v) is 4.79. The molecule has 0 fully saturated rings. The van der Waals surface area contributed by atoms with Gasteiger partial charge in [-0.15, -0.1) is 0 Å². The Morgan fingerprint density at radius 2 is 1.69 bits per heavy atom. The van der Waals surface area contributed by atoms with Crippen LogP contribution in [0.15, 0.2) is 59.4 Å².